The summed E-state index contributed by atoms with van der Waals surface area (Å²) in [6, 6.07) is 5.62. The number of aromatic nitrogens is 1. The van der Waals surface area contributed by atoms with Gasteiger partial charge < -0.3 is 5.32 Å². The standard InChI is InChI=1S/C19H21N3O3S2/c1-26-19-21-14-7-6-11(10-15(14)27-19)20-16(23)8-9-22-17(24)12-4-2-3-5-13(12)18(22)25/h6-7,10,12-13H,2-5,8-9H2,1H3,(H,20,23)/t12-,13-/m1/s1. The van der Waals surface area contributed by atoms with E-state index < -0.39 is 0 Å². The van der Waals surface area contributed by atoms with Crippen molar-refractivity contribution < 1.29 is 14.4 Å². The SMILES string of the molecule is CSc1nc2ccc(NC(=O)CCN3C(=O)[C@@H]4CCCC[C@H]4C3=O)cc2s1. The Morgan fingerprint density at radius 1 is 1.26 bits per heavy atom. The van der Waals surface area contributed by atoms with Gasteiger partial charge in [-0.25, -0.2) is 4.98 Å². The summed E-state index contributed by atoms with van der Waals surface area (Å²) in [5.74, 6) is -0.692. The highest BCUT2D eigenvalue weighted by molar-refractivity contribution is 8.00. The van der Waals surface area contributed by atoms with Crippen molar-refractivity contribution in [1.82, 2.24) is 9.88 Å². The van der Waals surface area contributed by atoms with E-state index in [0.717, 1.165) is 40.2 Å². The van der Waals surface area contributed by atoms with Gasteiger partial charge in [0.05, 0.1) is 22.1 Å². The van der Waals surface area contributed by atoms with Crippen molar-refractivity contribution in [2.45, 2.75) is 36.4 Å². The van der Waals surface area contributed by atoms with Crippen molar-refractivity contribution >= 4 is 56.7 Å². The molecule has 6 nitrogen and oxygen atoms in total. The summed E-state index contributed by atoms with van der Waals surface area (Å²) >= 11 is 3.18. The molecule has 0 radical (unpaired) electrons. The van der Waals surface area contributed by atoms with Crippen LogP contribution < -0.4 is 5.32 Å². The molecule has 2 heterocycles. The van der Waals surface area contributed by atoms with E-state index in [1.165, 1.54) is 4.90 Å². The second-order valence-electron chi connectivity index (χ2n) is 6.99. The number of anilines is 1. The first-order valence-electron chi connectivity index (χ1n) is 9.16. The predicted molar refractivity (Wildman–Crippen MR) is 107 cm³/mol. The Labute approximate surface area is 165 Å². The molecule has 142 valence electrons. The fraction of sp³-hybridized carbons (Fsp3) is 0.474. The Morgan fingerprint density at radius 3 is 2.63 bits per heavy atom. The molecule has 1 aromatic carbocycles. The summed E-state index contributed by atoms with van der Waals surface area (Å²) in [6.07, 6.45) is 5.71. The first kappa shape index (κ1) is 18.4. The summed E-state index contributed by atoms with van der Waals surface area (Å²) in [6.45, 7) is 0.163. The Morgan fingerprint density at radius 2 is 1.96 bits per heavy atom. The van der Waals surface area contributed by atoms with Crippen molar-refractivity contribution in [3.63, 3.8) is 0 Å². The first-order chi connectivity index (χ1) is 13.1. The normalized spacial score (nSPS) is 22.3. The van der Waals surface area contributed by atoms with Crippen molar-refractivity contribution in [2.24, 2.45) is 11.8 Å². The van der Waals surface area contributed by atoms with E-state index in [0.29, 0.717) is 5.69 Å². The van der Waals surface area contributed by atoms with E-state index in [-0.39, 0.29) is 42.5 Å². The maximum atomic E-state index is 12.5. The minimum absolute atomic E-state index is 0.0897. The number of imide groups is 1. The summed E-state index contributed by atoms with van der Waals surface area (Å²) in [5, 5.41) is 2.86. The van der Waals surface area contributed by atoms with E-state index in [4.69, 9.17) is 0 Å². The monoisotopic (exact) mass is 403 g/mol. The lowest BCUT2D eigenvalue weighted by Gasteiger charge is -2.19. The van der Waals surface area contributed by atoms with Crippen LogP contribution in [-0.4, -0.2) is 40.4 Å². The number of carbonyl (C=O) groups excluding carboxylic acids is 3. The molecular formula is C19H21N3O3S2. The molecule has 4 rings (SSSR count). The van der Waals surface area contributed by atoms with Crippen LogP contribution in [0.5, 0.6) is 0 Å². The van der Waals surface area contributed by atoms with Crippen LogP contribution in [0.25, 0.3) is 10.2 Å². The fourth-order valence-electron chi connectivity index (χ4n) is 3.96. The zero-order valence-corrected chi connectivity index (χ0v) is 16.7. The van der Waals surface area contributed by atoms with Gasteiger partial charge in [-0.1, -0.05) is 24.6 Å². The maximum absolute atomic E-state index is 12.5. The van der Waals surface area contributed by atoms with Gasteiger partial charge >= 0.3 is 0 Å². The van der Waals surface area contributed by atoms with Crippen LogP contribution in [0.15, 0.2) is 22.5 Å². The minimum atomic E-state index is -0.195. The summed E-state index contributed by atoms with van der Waals surface area (Å²) in [7, 11) is 0. The van der Waals surface area contributed by atoms with Crippen molar-refractivity contribution in [1.29, 1.82) is 0 Å². The minimum Gasteiger partial charge on any atom is -0.326 e. The molecule has 0 bridgehead atoms. The molecule has 1 saturated carbocycles. The van der Waals surface area contributed by atoms with Crippen LogP contribution >= 0.6 is 23.1 Å². The van der Waals surface area contributed by atoms with Crippen molar-refractivity contribution in [2.75, 3.05) is 18.1 Å². The van der Waals surface area contributed by atoms with Crippen molar-refractivity contribution in [3.8, 4) is 0 Å². The van der Waals surface area contributed by atoms with Crippen LogP contribution in [0.4, 0.5) is 5.69 Å². The van der Waals surface area contributed by atoms with Gasteiger partial charge in [0.25, 0.3) is 0 Å². The number of nitrogens with one attached hydrogen (secondary N) is 1. The van der Waals surface area contributed by atoms with E-state index in [1.54, 1.807) is 23.1 Å². The molecule has 3 amide bonds. The molecule has 27 heavy (non-hydrogen) atoms. The van der Waals surface area contributed by atoms with Gasteiger partial charge in [-0.3, -0.25) is 19.3 Å². The molecule has 2 atom stereocenters. The number of thioether (sulfide) groups is 1. The molecule has 8 heteroatoms. The molecular weight excluding hydrogens is 382 g/mol. The molecule has 0 unspecified atom stereocenters. The number of benzene rings is 1. The Balaban J connectivity index is 1.37. The number of nitrogens with zero attached hydrogens (tertiary/aromatic N) is 2. The lowest BCUT2D eigenvalue weighted by molar-refractivity contribution is -0.140. The fourth-order valence-corrected chi connectivity index (χ4v) is 5.49. The van der Waals surface area contributed by atoms with Gasteiger partial charge in [0.15, 0.2) is 4.34 Å². The number of rotatable bonds is 5. The average molecular weight is 404 g/mol. The number of thiazole rings is 1. The third kappa shape index (κ3) is 3.60. The van der Waals surface area contributed by atoms with Crippen LogP contribution in [0.2, 0.25) is 0 Å². The zero-order chi connectivity index (χ0) is 19.0. The Bertz CT molecular complexity index is 887. The number of likely N-dealkylation sites (tertiary alicyclic amines) is 1. The molecule has 0 spiro atoms. The Hall–Kier alpha value is -1.93. The van der Waals surface area contributed by atoms with E-state index >= 15 is 0 Å². The lowest BCUT2D eigenvalue weighted by atomic mass is 9.81. The third-order valence-corrected chi connectivity index (χ3v) is 7.33. The van der Waals surface area contributed by atoms with E-state index in [2.05, 4.69) is 10.3 Å². The topological polar surface area (TPSA) is 79.4 Å². The van der Waals surface area contributed by atoms with Crippen LogP contribution in [0.1, 0.15) is 32.1 Å². The van der Waals surface area contributed by atoms with Gasteiger partial charge in [-0.2, -0.15) is 0 Å². The molecule has 2 fully saturated rings. The van der Waals surface area contributed by atoms with E-state index in [1.807, 2.05) is 24.5 Å². The number of amides is 3. The van der Waals surface area contributed by atoms with Crippen LogP contribution in [0, 0.1) is 11.8 Å². The molecule has 1 N–H and O–H groups in total. The summed E-state index contributed by atoms with van der Waals surface area (Å²) in [5.41, 5.74) is 1.62. The highest BCUT2D eigenvalue weighted by atomic mass is 32.2. The zero-order valence-electron chi connectivity index (χ0n) is 15.1. The largest absolute Gasteiger partial charge is 0.326 e. The molecule has 1 aliphatic heterocycles. The quantitative estimate of drug-likeness (QED) is 0.610. The van der Waals surface area contributed by atoms with Gasteiger partial charge in [0.1, 0.15) is 0 Å². The van der Waals surface area contributed by atoms with Gasteiger partial charge in [-0.15, -0.1) is 11.3 Å². The summed E-state index contributed by atoms with van der Waals surface area (Å²) in [4.78, 5) is 43.0. The van der Waals surface area contributed by atoms with Gasteiger partial charge in [-0.05, 0) is 37.3 Å². The maximum Gasteiger partial charge on any atom is 0.233 e. The highest BCUT2D eigenvalue weighted by Crippen LogP contribution is 2.38. The molecule has 1 aromatic heterocycles. The number of hydrogen-bond acceptors (Lipinski definition) is 6. The molecule has 2 aromatic rings. The lowest BCUT2D eigenvalue weighted by Crippen LogP contribution is -2.34. The highest BCUT2D eigenvalue weighted by Gasteiger charge is 2.47. The average Bonchev–Trinajstić information content (AvgIpc) is 3.19. The second kappa shape index (κ2) is 7.59. The van der Waals surface area contributed by atoms with Gasteiger partial charge in [0.2, 0.25) is 17.7 Å². The third-order valence-electron chi connectivity index (χ3n) is 5.32. The summed E-state index contributed by atoms with van der Waals surface area (Å²) < 4.78 is 2.01. The Kier molecular flexibility index (Phi) is 5.19. The van der Waals surface area contributed by atoms with Crippen LogP contribution in [-0.2, 0) is 14.4 Å². The first-order valence-corrected chi connectivity index (χ1v) is 11.2. The van der Waals surface area contributed by atoms with Gasteiger partial charge in [0, 0.05) is 18.7 Å². The second-order valence-corrected chi connectivity index (χ2v) is 9.07. The number of fused-ring (bicyclic) bond motifs is 2. The number of hydrogen-bond donors (Lipinski definition) is 1. The molecule has 1 aliphatic carbocycles. The molecule has 2 aliphatic rings. The van der Waals surface area contributed by atoms with Crippen molar-refractivity contribution in [3.05, 3.63) is 18.2 Å². The smallest absolute Gasteiger partial charge is 0.233 e. The van der Waals surface area contributed by atoms with E-state index in [9.17, 15) is 14.4 Å². The number of carbonyl (C=O) groups is 3. The molecule has 1 saturated heterocycles. The van der Waals surface area contributed by atoms with Crippen LogP contribution in [0.3, 0.4) is 0 Å². The predicted octanol–water partition coefficient (Wildman–Crippen LogP) is 3.52.